The highest BCUT2D eigenvalue weighted by atomic mass is 35.5. The summed E-state index contributed by atoms with van der Waals surface area (Å²) in [7, 11) is 0. The maximum absolute atomic E-state index is 9.32. The van der Waals surface area contributed by atoms with E-state index < -0.39 is 6.10 Å². The average Bonchev–Trinajstić information content (AvgIpc) is 2.03. The van der Waals surface area contributed by atoms with Crippen molar-refractivity contribution in [1.82, 2.24) is 9.97 Å². The standard InChI is InChI=1S/C6H7Cl2N3O/c7-5-4(3(12)1-9)6(8)11-2-10-5/h2-3,12H,1,9H2. The van der Waals surface area contributed by atoms with Gasteiger partial charge < -0.3 is 10.8 Å². The minimum atomic E-state index is -0.911. The second-order valence-corrected chi connectivity index (χ2v) is 2.84. The molecule has 6 heteroatoms. The Bertz CT molecular complexity index is 261. The Morgan fingerprint density at radius 3 is 2.33 bits per heavy atom. The molecule has 66 valence electrons. The lowest BCUT2D eigenvalue weighted by molar-refractivity contribution is 0.186. The Balaban J connectivity index is 3.12. The third-order valence-corrected chi connectivity index (χ3v) is 1.95. The second kappa shape index (κ2) is 4.00. The Hall–Kier alpha value is -0.420. The summed E-state index contributed by atoms with van der Waals surface area (Å²) in [5, 5.41) is 9.58. The fraction of sp³-hybridized carbons (Fsp3) is 0.333. The number of hydrogen-bond acceptors (Lipinski definition) is 4. The van der Waals surface area contributed by atoms with Crippen molar-refractivity contribution in [2.45, 2.75) is 6.10 Å². The van der Waals surface area contributed by atoms with Crippen molar-refractivity contribution in [2.75, 3.05) is 6.54 Å². The summed E-state index contributed by atoms with van der Waals surface area (Å²) in [6, 6.07) is 0. The number of aliphatic hydroxyl groups is 1. The van der Waals surface area contributed by atoms with Gasteiger partial charge in [0.25, 0.3) is 0 Å². The number of aliphatic hydroxyl groups excluding tert-OH is 1. The molecule has 0 aliphatic heterocycles. The lowest BCUT2D eigenvalue weighted by atomic mass is 10.2. The van der Waals surface area contributed by atoms with E-state index in [1.54, 1.807) is 0 Å². The summed E-state index contributed by atoms with van der Waals surface area (Å²) in [6.45, 7) is 0.0345. The van der Waals surface area contributed by atoms with E-state index in [0.717, 1.165) is 0 Å². The predicted molar refractivity (Wildman–Crippen MR) is 46.1 cm³/mol. The van der Waals surface area contributed by atoms with E-state index in [0.29, 0.717) is 0 Å². The van der Waals surface area contributed by atoms with Crippen LogP contribution < -0.4 is 5.73 Å². The molecule has 0 aliphatic carbocycles. The van der Waals surface area contributed by atoms with Gasteiger partial charge in [-0.25, -0.2) is 9.97 Å². The van der Waals surface area contributed by atoms with Crippen LogP contribution in [0.25, 0.3) is 0 Å². The molecule has 0 aliphatic rings. The molecule has 0 radical (unpaired) electrons. The van der Waals surface area contributed by atoms with E-state index in [4.69, 9.17) is 28.9 Å². The van der Waals surface area contributed by atoms with Crippen molar-refractivity contribution < 1.29 is 5.11 Å². The molecule has 0 saturated carbocycles. The van der Waals surface area contributed by atoms with Gasteiger partial charge in [0, 0.05) is 6.54 Å². The summed E-state index contributed by atoms with van der Waals surface area (Å²) in [5.74, 6) is 0. The fourth-order valence-corrected chi connectivity index (χ4v) is 1.31. The van der Waals surface area contributed by atoms with Gasteiger partial charge in [0.2, 0.25) is 0 Å². The SMILES string of the molecule is NCC(O)c1c(Cl)ncnc1Cl. The highest BCUT2D eigenvalue weighted by Crippen LogP contribution is 2.25. The van der Waals surface area contributed by atoms with Crippen LogP contribution in [-0.4, -0.2) is 21.6 Å². The highest BCUT2D eigenvalue weighted by Gasteiger charge is 2.15. The van der Waals surface area contributed by atoms with Crippen LogP contribution >= 0.6 is 23.2 Å². The molecule has 0 saturated heterocycles. The minimum Gasteiger partial charge on any atom is -0.387 e. The number of hydrogen-bond donors (Lipinski definition) is 2. The van der Waals surface area contributed by atoms with E-state index in [2.05, 4.69) is 9.97 Å². The van der Waals surface area contributed by atoms with E-state index in [-0.39, 0.29) is 22.4 Å². The van der Waals surface area contributed by atoms with Crippen molar-refractivity contribution in [3.05, 3.63) is 22.2 Å². The zero-order valence-electron chi connectivity index (χ0n) is 6.04. The van der Waals surface area contributed by atoms with Gasteiger partial charge in [-0.15, -0.1) is 0 Å². The molecule has 1 unspecified atom stereocenters. The largest absolute Gasteiger partial charge is 0.387 e. The Morgan fingerprint density at radius 1 is 1.42 bits per heavy atom. The van der Waals surface area contributed by atoms with Crippen molar-refractivity contribution in [3.63, 3.8) is 0 Å². The zero-order valence-corrected chi connectivity index (χ0v) is 7.55. The van der Waals surface area contributed by atoms with Gasteiger partial charge >= 0.3 is 0 Å². The zero-order chi connectivity index (χ0) is 9.14. The first-order valence-corrected chi connectivity index (χ1v) is 3.96. The summed E-state index contributed by atoms with van der Waals surface area (Å²) in [5.41, 5.74) is 5.50. The molecule has 0 spiro atoms. The molecule has 0 bridgehead atoms. The third-order valence-electron chi connectivity index (χ3n) is 1.34. The monoisotopic (exact) mass is 207 g/mol. The number of halogens is 2. The number of rotatable bonds is 2. The Labute approximate surface area is 79.3 Å². The van der Waals surface area contributed by atoms with Crippen LogP contribution in [0.5, 0.6) is 0 Å². The van der Waals surface area contributed by atoms with Gasteiger partial charge in [-0.2, -0.15) is 0 Å². The van der Waals surface area contributed by atoms with E-state index >= 15 is 0 Å². The van der Waals surface area contributed by atoms with Gasteiger partial charge in [-0.05, 0) is 0 Å². The molecule has 4 nitrogen and oxygen atoms in total. The fourth-order valence-electron chi connectivity index (χ4n) is 0.747. The summed E-state index contributed by atoms with van der Waals surface area (Å²) in [6.07, 6.45) is 0.309. The van der Waals surface area contributed by atoms with Crippen molar-refractivity contribution in [2.24, 2.45) is 5.73 Å². The van der Waals surface area contributed by atoms with Gasteiger partial charge in [-0.1, -0.05) is 23.2 Å². The molecule has 0 fully saturated rings. The van der Waals surface area contributed by atoms with E-state index in [1.807, 2.05) is 0 Å². The van der Waals surface area contributed by atoms with Gasteiger partial charge in [0.05, 0.1) is 11.7 Å². The number of nitrogens with zero attached hydrogens (tertiary/aromatic N) is 2. The number of aromatic nitrogens is 2. The van der Waals surface area contributed by atoms with Gasteiger partial charge in [0.1, 0.15) is 16.6 Å². The molecule has 0 amide bonds. The molecule has 1 aromatic heterocycles. The summed E-state index contributed by atoms with van der Waals surface area (Å²) < 4.78 is 0. The lowest BCUT2D eigenvalue weighted by Gasteiger charge is -2.09. The van der Waals surface area contributed by atoms with Crippen LogP contribution in [0, 0.1) is 0 Å². The summed E-state index contributed by atoms with van der Waals surface area (Å²) >= 11 is 11.3. The molecule has 1 aromatic rings. The van der Waals surface area contributed by atoms with Crippen LogP contribution in [0.4, 0.5) is 0 Å². The quantitative estimate of drug-likeness (QED) is 0.704. The van der Waals surface area contributed by atoms with E-state index in [9.17, 15) is 5.11 Å². The first-order chi connectivity index (χ1) is 5.66. The molecule has 12 heavy (non-hydrogen) atoms. The minimum absolute atomic E-state index is 0.0345. The molecule has 1 atom stereocenters. The topological polar surface area (TPSA) is 72.0 Å². The average molecular weight is 208 g/mol. The first kappa shape index (κ1) is 9.67. The van der Waals surface area contributed by atoms with Crippen LogP contribution in [0.2, 0.25) is 10.3 Å². The normalized spacial score (nSPS) is 13.0. The lowest BCUT2D eigenvalue weighted by Crippen LogP contribution is -2.13. The molecule has 1 heterocycles. The molecular formula is C6H7Cl2N3O. The first-order valence-electron chi connectivity index (χ1n) is 3.20. The molecule has 0 aromatic carbocycles. The van der Waals surface area contributed by atoms with E-state index in [1.165, 1.54) is 6.33 Å². The van der Waals surface area contributed by atoms with Crippen LogP contribution in [0.3, 0.4) is 0 Å². The highest BCUT2D eigenvalue weighted by molar-refractivity contribution is 6.34. The number of nitrogens with two attached hydrogens (primary N) is 1. The predicted octanol–water partition coefficient (Wildman–Crippen LogP) is 0.776. The van der Waals surface area contributed by atoms with Crippen LogP contribution in [-0.2, 0) is 0 Å². The summed E-state index contributed by atoms with van der Waals surface area (Å²) in [4.78, 5) is 7.33. The Morgan fingerprint density at radius 2 is 1.92 bits per heavy atom. The van der Waals surface area contributed by atoms with Crippen LogP contribution in [0.15, 0.2) is 6.33 Å². The Kier molecular flexibility index (Phi) is 3.22. The second-order valence-electron chi connectivity index (χ2n) is 2.12. The molecule has 3 N–H and O–H groups in total. The van der Waals surface area contributed by atoms with Gasteiger partial charge in [-0.3, -0.25) is 0 Å². The van der Waals surface area contributed by atoms with Crippen molar-refractivity contribution in [3.8, 4) is 0 Å². The molecule has 1 rings (SSSR count). The maximum Gasteiger partial charge on any atom is 0.139 e. The maximum atomic E-state index is 9.32. The van der Waals surface area contributed by atoms with Crippen molar-refractivity contribution >= 4 is 23.2 Å². The van der Waals surface area contributed by atoms with Crippen molar-refractivity contribution in [1.29, 1.82) is 0 Å². The third kappa shape index (κ3) is 1.84. The molecular weight excluding hydrogens is 201 g/mol. The van der Waals surface area contributed by atoms with Gasteiger partial charge in [0.15, 0.2) is 0 Å². The smallest absolute Gasteiger partial charge is 0.139 e. The van der Waals surface area contributed by atoms with Crippen LogP contribution in [0.1, 0.15) is 11.7 Å².